The Bertz CT molecular complexity index is 1270. The van der Waals surface area contributed by atoms with E-state index in [0.717, 1.165) is 35.4 Å². The molecule has 3 rings (SSSR count). The largest absolute Gasteiger partial charge is 0.574 e. The lowest BCUT2D eigenvalue weighted by Crippen LogP contribution is -2.40. The van der Waals surface area contributed by atoms with Crippen LogP contribution < -0.4 is 19.1 Å². The van der Waals surface area contributed by atoms with Gasteiger partial charge in [0.25, 0.3) is 0 Å². The predicted octanol–water partition coefficient (Wildman–Crippen LogP) is 6.94. The van der Waals surface area contributed by atoms with E-state index in [1.165, 1.54) is 36.4 Å². The molecule has 218 valence electrons. The van der Waals surface area contributed by atoms with E-state index in [2.05, 4.69) is 14.5 Å². The van der Waals surface area contributed by atoms with Crippen LogP contribution in [0.1, 0.15) is 5.56 Å². The molecule has 0 bridgehead atoms. The van der Waals surface area contributed by atoms with Crippen LogP contribution in [0.3, 0.4) is 0 Å². The van der Waals surface area contributed by atoms with E-state index in [1.54, 1.807) is 0 Å². The number of alkyl halides is 10. The topological polar surface area (TPSA) is 64.1 Å². The molecule has 0 saturated carbocycles. The summed E-state index contributed by atoms with van der Waals surface area (Å²) in [6.07, 6.45) is -20.9. The molecule has 0 aliphatic heterocycles. The van der Waals surface area contributed by atoms with Crippen molar-refractivity contribution in [1.82, 2.24) is 4.98 Å². The molecule has 0 radical (unpaired) electrons. The Morgan fingerprint density at radius 1 is 0.800 bits per heavy atom. The number of aromatic nitrogens is 1. The fourth-order valence-corrected chi connectivity index (χ4v) is 3.21. The zero-order valence-corrected chi connectivity index (χ0v) is 19.8. The summed E-state index contributed by atoms with van der Waals surface area (Å²) in [6.45, 7) is -1.50. The lowest BCUT2D eigenvalue weighted by molar-refractivity contribution is -0.276. The molecule has 6 nitrogen and oxygen atoms in total. The average Bonchev–Trinajstić information content (AvgIpc) is 2.82. The Morgan fingerprint density at radius 3 is 2.10 bits per heavy atom. The summed E-state index contributed by atoms with van der Waals surface area (Å²) in [4.78, 5) is 4.38. The molecule has 0 spiro atoms. The van der Waals surface area contributed by atoms with Crippen LogP contribution in [-0.4, -0.2) is 47.8 Å². The van der Waals surface area contributed by atoms with Gasteiger partial charge in [0, 0.05) is 30.6 Å². The predicted molar refractivity (Wildman–Crippen MR) is 119 cm³/mol. The first-order chi connectivity index (χ1) is 18.5. The number of benzene rings is 2. The molecule has 1 aromatic heterocycles. The van der Waals surface area contributed by atoms with Gasteiger partial charge in [0.1, 0.15) is 17.2 Å². The van der Waals surface area contributed by atoms with Gasteiger partial charge < -0.3 is 24.2 Å². The average molecular weight is 588 g/mol. The maximum Gasteiger partial charge on any atom is 0.574 e. The minimum atomic E-state index is -5.04. The number of aliphatic hydroxyl groups excluding tert-OH is 1. The second-order valence-electron chi connectivity index (χ2n) is 8.03. The molecule has 0 aliphatic rings. The van der Waals surface area contributed by atoms with Crippen LogP contribution in [0.5, 0.6) is 23.1 Å². The van der Waals surface area contributed by atoms with Crippen LogP contribution in [0.4, 0.5) is 49.6 Å². The number of ether oxygens (including phenoxy) is 3. The van der Waals surface area contributed by atoms with Crippen molar-refractivity contribution in [2.45, 2.75) is 37.7 Å². The highest BCUT2D eigenvalue weighted by Gasteiger charge is 2.44. The van der Waals surface area contributed by atoms with E-state index in [0.29, 0.717) is 0 Å². The van der Waals surface area contributed by atoms with Crippen LogP contribution in [-0.2, 0) is 6.54 Å². The quantitative estimate of drug-likeness (QED) is 0.245. The molecule has 1 heterocycles. The maximum absolute atomic E-state index is 13.3. The summed E-state index contributed by atoms with van der Waals surface area (Å²) in [6, 6.07) is 11.4. The summed E-state index contributed by atoms with van der Waals surface area (Å²) in [5.41, 5.74) is 0.0530. The SMILES string of the molecule is O[C@H](CN(Cc1cccc(OC(F)(F)C(F)F)c1)c1cccc(Oc2ccnc(OC(F)(F)F)c2)c1)C(F)(F)F. The van der Waals surface area contributed by atoms with E-state index in [1.807, 2.05) is 0 Å². The standard InChI is InChI=1S/C24H18F10N2O4/c25-21(26)23(30,31)39-18-6-1-3-14(9-18)12-36(13-19(37)22(27,28)29)15-4-2-5-16(10-15)38-17-7-8-35-20(11-17)40-24(32,33)34/h1-11,19,21,37H,12-13H2/t19-/m1/s1. The second kappa shape index (κ2) is 12.1. The first-order valence-electron chi connectivity index (χ1n) is 11.0. The highest BCUT2D eigenvalue weighted by molar-refractivity contribution is 5.52. The van der Waals surface area contributed by atoms with Gasteiger partial charge in [0.2, 0.25) is 5.88 Å². The fourth-order valence-electron chi connectivity index (χ4n) is 3.21. The summed E-state index contributed by atoms with van der Waals surface area (Å²) in [7, 11) is 0. The first kappa shape index (κ1) is 30.6. The molecule has 0 amide bonds. The summed E-state index contributed by atoms with van der Waals surface area (Å²) in [5.74, 6) is -1.75. The first-order valence-corrected chi connectivity index (χ1v) is 11.0. The smallest absolute Gasteiger partial charge is 0.457 e. The van der Waals surface area contributed by atoms with Gasteiger partial charge in [-0.05, 0) is 35.9 Å². The summed E-state index contributed by atoms with van der Waals surface area (Å²) >= 11 is 0. The number of anilines is 1. The lowest BCUT2D eigenvalue weighted by atomic mass is 10.1. The molecule has 0 fully saturated rings. The molecule has 1 N–H and O–H groups in total. The number of rotatable bonds is 11. The number of nitrogens with zero attached hydrogens (tertiary/aromatic N) is 2. The molecule has 0 unspecified atom stereocenters. The number of pyridine rings is 1. The summed E-state index contributed by atoms with van der Waals surface area (Å²) in [5, 5.41) is 9.67. The Hall–Kier alpha value is -3.95. The van der Waals surface area contributed by atoms with Crippen molar-refractivity contribution in [3.05, 3.63) is 72.4 Å². The van der Waals surface area contributed by atoms with Gasteiger partial charge in [-0.2, -0.15) is 30.7 Å². The van der Waals surface area contributed by atoms with Gasteiger partial charge in [0.15, 0.2) is 6.10 Å². The van der Waals surface area contributed by atoms with Crippen LogP contribution in [0.2, 0.25) is 0 Å². The normalized spacial score (nSPS) is 13.2. The van der Waals surface area contributed by atoms with E-state index in [9.17, 15) is 49.0 Å². The van der Waals surface area contributed by atoms with Gasteiger partial charge in [-0.3, -0.25) is 0 Å². The third kappa shape index (κ3) is 9.07. The molecule has 0 saturated heterocycles. The Labute approximate surface area is 219 Å². The van der Waals surface area contributed by atoms with Crippen molar-refractivity contribution in [2.24, 2.45) is 0 Å². The third-order valence-corrected chi connectivity index (χ3v) is 4.90. The van der Waals surface area contributed by atoms with E-state index < -0.39 is 55.9 Å². The van der Waals surface area contributed by atoms with Gasteiger partial charge in [-0.15, -0.1) is 13.2 Å². The van der Waals surface area contributed by atoms with Gasteiger partial charge in [0.05, 0.1) is 6.54 Å². The lowest BCUT2D eigenvalue weighted by Gasteiger charge is -2.29. The minimum Gasteiger partial charge on any atom is -0.457 e. The van der Waals surface area contributed by atoms with Crippen molar-refractivity contribution in [1.29, 1.82) is 0 Å². The molecule has 1 atom stereocenters. The van der Waals surface area contributed by atoms with Crippen molar-refractivity contribution < 1.29 is 63.2 Å². The van der Waals surface area contributed by atoms with Gasteiger partial charge in [-0.25, -0.2) is 4.98 Å². The number of hydrogen-bond donors (Lipinski definition) is 1. The molecule has 0 aliphatic carbocycles. The van der Waals surface area contributed by atoms with Crippen LogP contribution in [0.25, 0.3) is 0 Å². The van der Waals surface area contributed by atoms with Crippen LogP contribution >= 0.6 is 0 Å². The number of aliphatic hydroxyl groups is 1. The van der Waals surface area contributed by atoms with Crippen molar-refractivity contribution in [3.63, 3.8) is 0 Å². The summed E-state index contributed by atoms with van der Waals surface area (Å²) < 4.78 is 142. The molecular formula is C24H18F10N2O4. The Balaban J connectivity index is 1.88. The molecule has 40 heavy (non-hydrogen) atoms. The van der Waals surface area contributed by atoms with Gasteiger partial charge >= 0.3 is 25.1 Å². The number of halogens is 10. The van der Waals surface area contributed by atoms with Crippen molar-refractivity contribution in [3.8, 4) is 23.1 Å². The van der Waals surface area contributed by atoms with Crippen LogP contribution in [0, 0.1) is 0 Å². The van der Waals surface area contributed by atoms with Crippen molar-refractivity contribution >= 4 is 5.69 Å². The van der Waals surface area contributed by atoms with Gasteiger partial charge in [-0.1, -0.05) is 18.2 Å². The van der Waals surface area contributed by atoms with E-state index in [4.69, 9.17) is 4.74 Å². The highest BCUT2D eigenvalue weighted by Crippen LogP contribution is 2.32. The van der Waals surface area contributed by atoms with Crippen molar-refractivity contribution in [2.75, 3.05) is 11.4 Å². The zero-order chi connectivity index (χ0) is 29.7. The fraction of sp³-hybridized carbons (Fsp3) is 0.292. The second-order valence-corrected chi connectivity index (χ2v) is 8.03. The molecule has 16 heteroatoms. The van der Waals surface area contributed by atoms with E-state index >= 15 is 0 Å². The zero-order valence-electron chi connectivity index (χ0n) is 19.8. The van der Waals surface area contributed by atoms with E-state index in [-0.39, 0.29) is 22.7 Å². The Kier molecular flexibility index (Phi) is 9.22. The molecule has 3 aromatic rings. The highest BCUT2D eigenvalue weighted by atomic mass is 19.4. The maximum atomic E-state index is 13.3. The minimum absolute atomic E-state index is 0.00542. The molecular weight excluding hydrogens is 570 g/mol. The monoisotopic (exact) mass is 588 g/mol. The number of hydrogen-bond acceptors (Lipinski definition) is 6. The van der Waals surface area contributed by atoms with Crippen LogP contribution in [0.15, 0.2) is 66.9 Å². The molecule has 2 aromatic carbocycles. The Morgan fingerprint density at radius 2 is 1.45 bits per heavy atom. The third-order valence-electron chi connectivity index (χ3n) is 4.90.